The lowest BCUT2D eigenvalue weighted by molar-refractivity contribution is -0.136. The molecule has 2 aromatic carbocycles. The van der Waals surface area contributed by atoms with Crippen LogP contribution in [0.4, 0.5) is 11.5 Å². The topological polar surface area (TPSA) is 67.2 Å². The zero-order valence-electron chi connectivity index (χ0n) is 12.7. The predicted molar refractivity (Wildman–Crippen MR) is 89.4 cm³/mol. The Morgan fingerprint density at radius 1 is 1.09 bits per heavy atom. The number of aromatic nitrogens is 2. The molecule has 0 saturated carbocycles. The quantitative estimate of drug-likeness (QED) is 0.756. The van der Waals surface area contributed by atoms with E-state index in [1.807, 2.05) is 67.6 Å². The lowest BCUT2D eigenvalue weighted by Gasteiger charge is -2.11. The standard InChI is InChI=1S/C18H17N3O2/c1-13-16(12-17(22)23)18(19-14-8-4-2-5-9-14)21(20-13)15-10-6-3-7-11-15/h2-11,19H,12H2,1H3,(H,22,23). The van der Waals surface area contributed by atoms with Crippen LogP contribution in [-0.2, 0) is 11.2 Å². The summed E-state index contributed by atoms with van der Waals surface area (Å²) in [6.07, 6.45) is -0.0756. The second kappa shape index (κ2) is 6.36. The summed E-state index contributed by atoms with van der Waals surface area (Å²) in [7, 11) is 0. The summed E-state index contributed by atoms with van der Waals surface area (Å²) in [5.74, 6) is -0.195. The number of hydrogen-bond donors (Lipinski definition) is 2. The summed E-state index contributed by atoms with van der Waals surface area (Å²) in [6, 6.07) is 19.3. The zero-order valence-corrected chi connectivity index (χ0v) is 12.7. The monoisotopic (exact) mass is 307 g/mol. The zero-order chi connectivity index (χ0) is 16.2. The van der Waals surface area contributed by atoms with E-state index < -0.39 is 5.97 Å². The van der Waals surface area contributed by atoms with E-state index in [-0.39, 0.29) is 6.42 Å². The Morgan fingerprint density at radius 3 is 2.30 bits per heavy atom. The van der Waals surface area contributed by atoms with Crippen LogP contribution in [-0.4, -0.2) is 20.9 Å². The number of aryl methyl sites for hydroxylation is 1. The van der Waals surface area contributed by atoms with Gasteiger partial charge in [-0.15, -0.1) is 0 Å². The first-order valence-corrected chi connectivity index (χ1v) is 7.33. The molecule has 5 heteroatoms. The van der Waals surface area contributed by atoms with Crippen molar-refractivity contribution in [1.29, 1.82) is 0 Å². The van der Waals surface area contributed by atoms with Gasteiger partial charge >= 0.3 is 5.97 Å². The molecule has 5 nitrogen and oxygen atoms in total. The number of anilines is 2. The van der Waals surface area contributed by atoms with Gasteiger partial charge in [0.25, 0.3) is 0 Å². The van der Waals surface area contributed by atoms with Crippen molar-refractivity contribution >= 4 is 17.5 Å². The number of carbonyl (C=O) groups is 1. The summed E-state index contributed by atoms with van der Waals surface area (Å²) in [5, 5.41) is 17.0. The summed E-state index contributed by atoms with van der Waals surface area (Å²) < 4.78 is 1.75. The smallest absolute Gasteiger partial charge is 0.308 e. The first kappa shape index (κ1) is 14.8. The maximum atomic E-state index is 11.2. The number of carboxylic acid groups (broad SMARTS) is 1. The third-order valence-corrected chi connectivity index (χ3v) is 3.55. The normalized spacial score (nSPS) is 10.5. The maximum absolute atomic E-state index is 11.2. The SMILES string of the molecule is Cc1nn(-c2ccccc2)c(Nc2ccccc2)c1CC(=O)O. The molecule has 2 N–H and O–H groups in total. The van der Waals surface area contributed by atoms with Crippen LogP contribution >= 0.6 is 0 Å². The number of nitrogens with one attached hydrogen (secondary N) is 1. The predicted octanol–water partition coefficient (Wildman–Crippen LogP) is 3.55. The molecule has 3 aromatic rings. The van der Waals surface area contributed by atoms with Crippen LogP contribution in [0.15, 0.2) is 60.7 Å². The minimum Gasteiger partial charge on any atom is -0.481 e. The summed E-state index contributed by atoms with van der Waals surface area (Å²) >= 11 is 0. The molecule has 0 bridgehead atoms. The van der Waals surface area contributed by atoms with E-state index in [2.05, 4.69) is 10.4 Å². The van der Waals surface area contributed by atoms with Crippen LogP contribution < -0.4 is 5.32 Å². The van der Waals surface area contributed by atoms with Crippen LogP contribution in [0.25, 0.3) is 5.69 Å². The molecule has 0 fully saturated rings. The highest BCUT2D eigenvalue weighted by molar-refractivity contribution is 5.75. The van der Waals surface area contributed by atoms with Gasteiger partial charge in [-0.25, -0.2) is 4.68 Å². The lowest BCUT2D eigenvalue weighted by Crippen LogP contribution is -2.06. The third kappa shape index (κ3) is 3.23. The van der Waals surface area contributed by atoms with Crippen molar-refractivity contribution < 1.29 is 9.90 Å². The van der Waals surface area contributed by atoms with Crippen molar-refractivity contribution in [2.45, 2.75) is 13.3 Å². The number of carboxylic acids is 1. The highest BCUT2D eigenvalue weighted by atomic mass is 16.4. The van der Waals surface area contributed by atoms with Gasteiger partial charge in [0.2, 0.25) is 0 Å². The lowest BCUT2D eigenvalue weighted by atomic mass is 10.1. The molecular weight excluding hydrogens is 290 g/mol. The van der Waals surface area contributed by atoms with Gasteiger partial charge in [0.05, 0.1) is 17.8 Å². The molecule has 0 spiro atoms. The Morgan fingerprint density at radius 2 is 1.70 bits per heavy atom. The molecule has 0 saturated heterocycles. The Labute approximate surface area is 134 Å². The molecule has 1 aromatic heterocycles. The van der Waals surface area contributed by atoms with Gasteiger partial charge in [-0.2, -0.15) is 5.10 Å². The molecule has 0 amide bonds. The molecule has 0 aliphatic carbocycles. The van der Waals surface area contributed by atoms with Gasteiger partial charge in [0.1, 0.15) is 5.82 Å². The van der Waals surface area contributed by atoms with E-state index in [1.165, 1.54) is 0 Å². The number of nitrogens with zero attached hydrogens (tertiary/aromatic N) is 2. The largest absolute Gasteiger partial charge is 0.481 e. The molecule has 0 atom stereocenters. The highest BCUT2D eigenvalue weighted by Crippen LogP contribution is 2.27. The summed E-state index contributed by atoms with van der Waals surface area (Å²) in [5.41, 5.74) is 3.15. The van der Waals surface area contributed by atoms with Gasteiger partial charge in [-0.1, -0.05) is 36.4 Å². The van der Waals surface area contributed by atoms with E-state index >= 15 is 0 Å². The number of benzene rings is 2. The Bertz CT molecular complexity index is 811. The van der Waals surface area contributed by atoms with E-state index in [0.29, 0.717) is 17.1 Å². The number of rotatable bonds is 5. The van der Waals surface area contributed by atoms with E-state index in [4.69, 9.17) is 0 Å². The number of hydrogen-bond acceptors (Lipinski definition) is 3. The van der Waals surface area contributed by atoms with Crippen molar-refractivity contribution in [2.75, 3.05) is 5.32 Å². The van der Waals surface area contributed by atoms with Crippen molar-refractivity contribution in [2.24, 2.45) is 0 Å². The van der Waals surface area contributed by atoms with E-state index in [9.17, 15) is 9.90 Å². The first-order valence-electron chi connectivity index (χ1n) is 7.33. The van der Waals surface area contributed by atoms with Gasteiger partial charge in [0.15, 0.2) is 0 Å². The highest BCUT2D eigenvalue weighted by Gasteiger charge is 2.18. The Balaban J connectivity index is 2.10. The fraction of sp³-hybridized carbons (Fsp3) is 0.111. The third-order valence-electron chi connectivity index (χ3n) is 3.55. The first-order chi connectivity index (χ1) is 11.1. The molecule has 3 rings (SSSR count). The molecule has 0 radical (unpaired) electrons. The molecular formula is C18H17N3O2. The summed E-state index contributed by atoms with van der Waals surface area (Å²) in [4.78, 5) is 11.2. The second-order valence-corrected chi connectivity index (χ2v) is 5.22. The van der Waals surface area contributed by atoms with Gasteiger partial charge < -0.3 is 10.4 Å². The minimum atomic E-state index is -0.878. The van der Waals surface area contributed by atoms with Crippen LogP contribution in [0.2, 0.25) is 0 Å². The average Bonchev–Trinajstić information content (AvgIpc) is 2.85. The maximum Gasteiger partial charge on any atom is 0.308 e. The van der Waals surface area contributed by atoms with Crippen LogP contribution in [0.5, 0.6) is 0 Å². The number of para-hydroxylation sites is 2. The van der Waals surface area contributed by atoms with Crippen LogP contribution in [0.3, 0.4) is 0 Å². The minimum absolute atomic E-state index is 0.0756. The fourth-order valence-corrected chi connectivity index (χ4v) is 2.47. The number of aliphatic carboxylic acids is 1. The van der Waals surface area contributed by atoms with E-state index in [1.54, 1.807) is 4.68 Å². The van der Waals surface area contributed by atoms with Gasteiger partial charge in [-0.05, 0) is 31.2 Å². The van der Waals surface area contributed by atoms with Gasteiger partial charge in [0, 0.05) is 11.3 Å². The molecule has 116 valence electrons. The van der Waals surface area contributed by atoms with Crippen molar-refractivity contribution in [1.82, 2.24) is 9.78 Å². The second-order valence-electron chi connectivity index (χ2n) is 5.22. The van der Waals surface area contributed by atoms with Crippen molar-refractivity contribution in [3.63, 3.8) is 0 Å². The van der Waals surface area contributed by atoms with E-state index in [0.717, 1.165) is 11.4 Å². The van der Waals surface area contributed by atoms with Gasteiger partial charge in [-0.3, -0.25) is 4.79 Å². The van der Waals surface area contributed by atoms with Crippen molar-refractivity contribution in [3.05, 3.63) is 71.9 Å². The van der Waals surface area contributed by atoms with Crippen LogP contribution in [0.1, 0.15) is 11.3 Å². The average molecular weight is 307 g/mol. The molecule has 1 heterocycles. The van der Waals surface area contributed by atoms with Crippen LogP contribution in [0, 0.1) is 6.92 Å². The fourth-order valence-electron chi connectivity index (χ4n) is 2.47. The Hall–Kier alpha value is -3.08. The molecule has 0 aliphatic heterocycles. The Kier molecular flexibility index (Phi) is 4.10. The summed E-state index contributed by atoms with van der Waals surface area (Å²) in [6.45, 7) is 1.83. The molecule has 0 aliphatic rings. The molecule has 0 unspecified atom stereocenters. The van der Waals surface area contributed by atoms with Crippen molar-refractivity contribution in [3.8, 4) is 5.69 Å². The molecule has 23 heavy (non-hydrogen) atoms.